The maximum absolute atomic E-state index is 13.2. The van der Waals surface area contributed by atoms with Crippen molar-refractivity contribution in [2.45, 2.75) is 179 Å². The van der Waals surface area contributed by atoms with E-state index in [0.717, 1.165) is 88.7 Å². The first-order chi connectivity index (χ1) is 67.5. The van der Waals surface area contributed by atoms with Gasteiger partial charge in [-0.2, -0.15) is 5.10 Å². The Balaban J connectivity index is 0.000000149. The van der Waals surface area contributed by atoms with Crippen LogP contribution < -0.4 is 20.5 Å². The number of anilines is 2. The summed E-state index contributed by atoms with van der Waals surface area (Å²) in [5.74, 6) is 3.17. The number of benzene rings is 13. The first-order valence-corrected chi connectivity index (χ1v) is 49.9. The van der Waals surface area contributed by atoms with Gasteiger partial charge in [-0.3, -0.25) is 23.6 Å². The lowest BCUT2D eigenvalue weighted by molar-refractivity contribution is -0.146. The van der Waals surface area contributed by atoms with Crippen LogP contribution in [0.4, 0.5) is 11.4 Å². The average molecular weight is 2000 g/mol. The van der Waals surface area contributed by atoms with Gasteiger partial charge < -0.3 is 34.8 Å². The van der Waals surface area contributed by atoms with E-state index in [2.05, 4.69) is 294 Å². The van der Waals surface area contributed by atoms with Crippen LogP contribution in [0.25, 0.3) is 77.4 Å². The van der Waals surface area contributed by atoms with Crippen molar-refractivity contribution in [3.8, 4) is 45.4 Å². The molecule has 19 heteroatoms. The number of fused-ring (bicyclic) bond motifs is 5. The molecule has 0 aliphatic heterocycles. The molecule has 0 aliphatic rings. The lowest BCUT2D eigenvalue weighted by Gasteiger charge is -2.13. The number of methoxy groups -OCH3 is 1. The van der Waals surface area contributed by atoms with Crippen LogP contribution in [0.2, 0.25) is 15.1 Å². The number of nitrogens with zero attached hydrogens (tertiary/aromatic N) is 6. The minimum Gasteiger partial charge on any atom is -0.497 e. The molecule has 0 fully saturated rings. The number of nitrogens with one attached hydrogen (secondary N) is 2. The van der Waals surface area contributed by atoms with Crippen molar-refractivity contribution in [1.82, 2.24) is 33.7 Å². The number of hydrogen-bond donors (Lipinski definition) is 3. The van der Waals surface area contributed by atoms with Crippen molar-refractivity contribution in [2.75, 3.05) is 24.7 Å². The van der Waals surface area contributed by atoms with E-state index in [9.17, 15) is 14.4 Å². The van der Waals surface area contributed by atoms with Crippen LogP contribution in [0.3, 0.4) is 0 Å². The number of H-pyrrole nitrogens is 1. The second-order valence-electron chi connectivity index (χ2n) is 37.1. The van der Waals surface area contributed by atoms with E-state index < -0.39 is 0 Å². The number of para-hydroxylation sites is 3. The predicted molar refractivity (Wildman–Crippen MR) is 595 cm³/mol. The summed E-state index contributed by atoms with van der Waals surface area (Å²) in [5.41, 5.74) is 33.5. The zero-order chi connectivity index (χ0) is 101. The maximum Gasteiger partial charge on any atom is 0.310 e. The molecule has 13 aromatic carbocycles. The van der Waals surface area contributed by atoms with Gasteiger partial charge in [-0.05, 0) is 288 Å². The number of rotatable bonds is 23. The van der Waals surface area contributed by atoms with Gasteiger partial charge in [0.25, 0.3) is 5.91 Å². The van der Waals surface area contributed by atoms with Crippen molar-refractivity contribution < 1.29 is 28.6 Å². The van der Waals surface area contributed by atoms with Crippen molar-refractivity contribution in [3.63, 3.8) is 0 Å². The summed E-state index contributed by atoms with van der Waals surface area (Å²) in [7, 11) is 1.58. The molecule has 0 saturated carbocycles. The molecule has 0 saturated heterocycles. The molecule has 141 heavy (non-hydrogen) atoms. The van der Waals surface area contributed by atoms with Gasteiger partial charge in [0.1, 0.15) is 11.4 Å². The third-order valence-corrected chi connectivity index (χ3v) is 25.2. The molecule has 0 unspecified atom stereocenters. The summed E-state index contributed by atoms with van der Waals surface area (Å²) < 4.78 is 25.4. The summed E-state index contributed by atoms with van der Waals surface area (Å²) in [4.78, 5) is 41.4. The number of aryl methyl sites for hydroxylation is 1. The summed E-state index contributed by atoms with van der Waals surface area (Å²) in [5, 5.41) is 19.4. The normalized spacial score (nSPS) is 11.0. The van der Waals surface area contributed by atoms with Gasteiger partial charge in [-0.25, -0.2) is 4.68 Å². The molecule has 18 rings (SSSR count). The highest BCUT2D eigenvalue weighted by Crippen LogP contribution is 2.41. The lowest BCUT2D eigenvalue weighted by Crippen LogP contribution is -2.16. The highest BCUT2D eigenvalue weighted by molar-refractivity contribution is 9.10. The Morgan fingerprint density at radius 2 is 1.06 bits per heavy atom. The molecular weight excluding hydrogens is 1870 g/mol. The second-order valence-corrected chi connectivity index (χ2v) is 39.4. The molecule has 0 spiro atoms. The SMILES string of the molecule is C=C(C)CNc1ccc(C(C)C)cc1.CC(C)Oc1nn(Cc2ccccc2)c2ccccc12.CC(C)c1c(-c2ccccc2)c(-c2ccccc2)nn1-c1ccccc1.CC(C)c1ccc2c(c1)[nH]c1ccc(Cl)cc12.CC(C)c1cccc(C(=O)c2ccc(Br)cc2)c1N.COc1ccc2c(c1)c(CC(=O)OC(C)C)c(C)n2C(=O)c1ccc(Cl)cc1.Cc1cc(C(C)C)c(C)n1-c1ccc(Cl)cc1. The molecular formula is C122H129BrCl3N9O6. The van der Waals surface area contributed by atoms with Crippen LogP contribution in [-0.2, 0) is 22.5 Å². The third-order valence-electron chi connectivity index (χ3n) is 24.0. The van der Waals surface area contributed by atoms with Gasteiger partial charge in [-0.15, -0.1) is 5.10 Å². The number of ether oxygens (including phenoxy) is 3. The van der Waals surface area contributed by atoms with E-state index >= 15 is 0 Å². The van der Waals surface area contributed by atoms with Crippen molar-refractivity contribution in [1.29, 1.82) is 0 Å². The van der Waals surface area contributed by atoms with Gasteiger partial charge in [0.05, 0.1) is 60.1 Å². The summed E-state index contributed by atoms with van der Waals surface area (Å²) in [6.07, 6.45) is -0.000866. The number of hydrogen-bond acceptors (Lipinski definition) is 10. The van der Waals surface area contributed by atoms with E-state index in [1.807, 2.05) is 142 Å². The smallest absolute Gasteiger partial charge is 0.310 e. The van der Waals surface area contributed by atoms with Crippen LogP contribution in [0, 0.1) is 20.8 Å². The molecule has 5 aromatic heterocycles. The Morgan fingerprint density at radius 3 is 1.65 bits per heavy atom. The van der Waals surface area contributed by atoms with Gasteiger partial charge in [0, 0.05) is 115 Å². The quantitative estimate of drug-likeness (QED) is 0.0242. The molecule has 0 radical (unpaired) electrons. The predicted octanol–water partition coefficient (Wildman–Crippen LogP) is 33.1. The van der Waals surface area contributed by atoms with Gasteiger partial charge in [0.2, 0.25) is 5.88 Å². The number of aromatic amines is 1. The standard InChI is InChI=1S/C24H22N2.C22H22ClNO4.C17H18N2O.C16H16BrNO.C15H14ClN.C15H18ClN.C13H19N/c1-18(2)24-22(19-12-6-3-7-13-19)23(20-14-8-4-9-15-20)25-26(24)21-16-10-5-11-17-21;1-13(2)28-21(25)12-18-14(3)24(20-10-9-17(27-4)11-19(18)20)22(26)15-5-7-16(23)8-6-15;1-13(2)20-17-15-10-6-7-11-16(15)19(18-17)12-14-8-4-3-5-9-14;1-10(2)13-4-3-5-14(15(13)18)16(19)11-6-8-12(17)9-7-11;1-9(2)10-3-5-12-13-8-11(16)4-6-14(13)17-15(12)7-10;1-10(2)15-9-11(3)17(12(15)4)14-7-5-13(16)6-8-14;1-10(2)9-14-13-7-5-12(6-8-13)11(3)4/h3-18H,1-2H3;5-11,13H,12H2,1-4H3;3-11,13H,12H2,1-2H3;3-10H,18H2,1-2H3;3-9,17H,1-2H3;5-10H,1-4H3;5-8,11,14H,1,9H2,2-4H3. The molecule has 0 atom stereocenters. The number of ketones is 1. The number of esters is 1. The van der Waals surface area contributed by atoms with E-state index in [0.29, 0.717) is 79.8 Å². The fourth-order valence-electron chi connectivity index (χ4n) is 16.8. The minimum absolute atomic E-state index is 0.0347. The zero-order valence-corrected chi connectivity index (χ0v) is 88.0. The number of aromatic nitrogens is 7. The van der Waals surface area contributed by atoms with Crippen LogP contribution >= 0.6 is 50.7 Å². The number of nitrogens with two attached hydrogens (primary N) is 1. The van der Waals surface area contributed by atoms with E-state index in [1.165, 1.54) is 72.4 Å². The number of carbonyl (C=O) groups excluding carboxylic acids is 3. The zero-order valence-electron chi connectivity index (χ0n) is 84.2. The first-order valence-electron chi connectivity index (χ1n) is 48.0. The van der Waals surface area contributed by atoms with Crippen LogP contribution in [0.5, 0.6) is 11.6 Å². The fourth-order valence-corrected chi connectivity index (χ4v) is 17.5. The highest BCUT2D eigenvalue weighted by atomic mass is 79.9. The van der Waals surface area contributed by atoms with Crippen molar-refractivity contribution in [2.24, 2.45) is 0 Å². The van der Waals surface area contributed by atoms with Crippen LogP contribution in [0.1, 0.15) is 216 Å². The number of halogens is 4. The molecule has 726 valence electrons. The first kappa shape index (κ1) is 106. The maximum atomic E-state index is 13.2. The Kier molecular flexibility index (Phi) is 37.6. The lowest BCUT2D eigenvalue weighted by atomic mass is 9.94. The molecule has 0 bridgehead atoms. The number of carbonyl (C=O) groups is 3. The van der Waals surface area contributed by atoms with Gasteiger partial charge >= 0.3 is 5.97 Å². The van der Waals surface area contributed by atoms with Crippen LogP contribution in [0.15, 0.2) is 338 Å². The number of nitrogen functional groups attached to an aromatic ring is 1. The minimum atomic E-state index is -0.334. The average Bonchev–Trinajstić information content (AvgIpc) is 1.55. The summed E-state index contributed by atoms with van der Waals surface area (Å²) in [6.45, 7) is 43.2. The highest BCUT2D eigenvalue weighted by Gasteiger charge is 2.27. The Labute approximate surface area is 854 Å². The summed E-state index contributed by atoms with van der Waals surface area (Å²) in [6, 6.07) is 107. The van der Waals surface area contributed by atoms with Crippen LogP contribution in [-0.4, -0.2) is 77.2 Å². The van der Waals surface area contributed by atoms with Crippen molar-refractivity contribution >= 4 is 123 Å². The second kappa shape index (κ2) is 49.9. The summed E-state index contributed by atoms with van der Waals surface area (Å²) >= 11 is 21.3. The topological polar surface area (TPSA) is 178 Å². The van der Waals surface area contributed by atoms with E-state index in [4.69, 9.17) is 59.8 Å². The molecule has 18 aromatic rings. The third kappa shape index (κ3) is 27.7. The van der Waals surface area contributed by atoms with E-state index in [-0.39, 0.29) is 36.3 Å². The Bertz CT molecular complexity index is 7220. The monoisotopic (exact) mass is 2000 g/mol. The fraction of sp³-hybridized carbons (Fsp3) is 0.238. The van der Waals surface area contributed by atoms with E-state index in [1.54, 1.807) is 74.1 Å². The van der Waals surface area contributed by atoms with Crippen molar-refractivity contribution in [3.05, 3.63) is 426 Å². The Hall–Kier alpha value is -13.7. The van der Waals surface area contributed by atoms with Gasteiger partial charge in [0.15, 0.2) is 5.78 Å². The molecule has 15 nitrogen and oxygen atoms in total. The molecule has 0 amide bonds. The molecule has 4 N–H and O–H groups in total. The largest absolute Gasteiger partial charge is 0.497 e. The Morgan fingerprint density at radius 1 is 0.489 bits per heavy atom. The molecule has 5 heterocycles. The van der Waals surface area contributed by atoms with Gasteiger partial charge in [-0.1, -0.05) is 290 Å². The molecule has 0 aliphatic carbocycles.